The van der Waals surface area contributed by atoms with Crippen molar-refractivity contribution in [3.05, 3.63) is 41.5 Å². The highest BCUT2D eigenvalue weighted by Crippen LogP contribution is 2.21. The van der Waals surface area contributed by atoms with Crippen molar-refractivity contribution in [1.29, 1.82) is 0 Å². The molecule has 0 bridgehead atoms. The molecule has 0 aliphatic carbocycles. The molecule has 0 aromatic heterocycles. The maximum atomic E-state index is 12.5. The van der Waals surface area contributed by atoms with Crippen LogP contribution in [0.5, 0.6) is 0 Å². The van der Waals surface area contributed by atoms with Crippen LogP contribution in [0.25, 0.3) is 6.08 Å². The van der Waals surface area contributed by atoms with Gasteiger partial charge in [0.1, 0.15) is 0 Å². The quantitative estimate of drug-likeness (QED) is 0.872. The number of carbonyl (C=O) groups excluding carboxylic acids is 1. The topological polar surface area (TPSA) is 83.7 Å². The monoisotopic (exact) mass is 351 g/mol. The molecule has 1 saturated heterocycles. The normalized spacial score (nSPS) is 17.7. The van der Waals surface area contributed by atoms with Crippen LogP contribution in [0.2, 0.25) is 0 Å². The van der Waals surface area contributed by atoms with E-state index in [4.69, 9.17) is 5.14 Å². The molecule has 6 nitrogen and oxygen atoms in total. The summed E-state index contributed by atoms with van der Waals surface area (Å²) < 4.78 is 23.9. The number of hydrogen-bond donors (Lipinski definition) is 1. The van der Waals surface area contributed by atoms with Crippen molar-refractivity contribution in [2.75, 3.05) is 26.7 Å². The number of hydrogen-bond acceptors (Lipinski definition) is 3. The van der Waals surface area contributed by atoms with Crippen LogP contribution in [-0.4, -0.2) is 50.2 Å². The summed E-state index contributed by atoms with van der Waals surface area (Å²) in [6.07, 6.45) is 3.09. The number of benzene rings is 1. The molecule has 7 heteroatoms. The zero-order chi connectivity index (χ0) is 17.7. The minimum absolute atomic E-state index is 0.0601. The molecule has 2 N–H and O–H groups in total. The zero-order valence-corrected chi connectivity index (χ0v) is 15.0. The largest absolute Gasteiger partial charge is 0.342 e. The molecule has 1 aromatic carbocycles. The third-order valence-corrected chi connectivity index (χ3v) is 5.32. The molecule has 24 heavy (non-hydrogen) atoms. The van der Waals surface area contributed by atoms with Crippen molar-refractivity contribution >= 4 is 22.2 Å². The van der Waals surface area contributed by atoms with Gasteiger partial charge >= 0.3 is 0 Å². The highest BCUT2D eigenvalue weighted by Gasteiger charge is 2.30. The first-order valence-electron chi connectivity index (χ1n) is 8.02. The van der Waals surface area contributed by atoms with Gasteiger partial charge in [-0.15, -0.1) is 0 Å². The molecule has 1 heterocycles. The van der Waals surface area contributed by atoms with Gasteiger partial charge in [0, 0.05) is 32.6 Å². The summed E-state index contributed by atoms with van der Waals surface area (Å²) in [5, 5.41) is 5.13. The summed E-state index contributed by atoms with van der Waals surface area (Å²) >= 11 is 0. The number of likely N-dealkylation sites (N-methyl/N-ethyl adjacent to an activating group) is 1. The van der Waals surface area contributed by atoms with Gasteiger partial charge in [-0.3, -0.25) is 4.79 Å². The molecule has 1 amide bonds. The molecule has 0 saturated carbocycles. The van der Waals surface area contributed by atoms with E-state index < -0.39 is 10.2 Å². The third kappa shape index (κ3) is 5.15. The first kappa shape index (κ1) is 18.6. The van der Waals surface area contributed by atoms with Gasteiger partial charge in [-0.2, -0.15) is 12.7 Å². The second-order valence-electron chi connectivity index (χ2n) is 6.31. The van der Waals surface area contributed by atoms with Crippen molar-refractivity contribution in [3.8, 4) is 0 Å². The lowest BCUT2D eigenvalue weighted by atomic mass is 9.96. The molecule has 132 valence electrons. The molecule has 0 spiro atoms. The van der Waals surface area contributed by atoms with Gasteiger partial charge in [0.15, 0.2) is 0 Å². The lowest BCUT2D eigenvalue weighted by Crippen LogP contribution is -2.45. The predicted octanol–water partition coefficient (Wildman–Crippen LogP) is 1.46. The Morgan fingerprint density at radius 1 is 1.29 bits per heavy atom. The lowest BCUT2D eigenvalue weighted by molar-refractivity contribution is -0.135. The minimum atomic E-state index is -3.65. The van der Waals surface area contributed by atoms with Gasteiger partial charge in [0.25, 0.3) is 10.2 Å². The Hall–Kier alpha value is -1.70. The van der Waals surface area contributed by atoms with E-state index in [1.54, 1.807) is 11.9 Å². The standard InChI is InChI=1S/C17H25N3O3S/c1-14(12-15-6-4-3-5-7-15)13-19(2)17(21)16-8-10-20(11-9-16)24(18,22)23/h3-7,12,16H,8-11,13H2,1-2H3,(H2,18,22,23). The van der Waals surface area contributed by atoms with E-state index in [1.807, 2.05) is 37.3 Å². The molecule has 0 unspecified atom stereocenters. The molecule has 0 radical (unpaired) electrons. The van der Waals surface area contributed by atoms with E-state index in [1.165, 1.54) is 4.31 Å². The first-order valence-corrected chi connectivity index (χ1v) is 9.53. The van der Waals surface area contributed by atoms with Gasteiger partial charge in [0.2, 0.25) is 5.91 Å². The van der Waals surface area contributed by atoms with E-state index in [2.05, 4.69) is 6.08 Å². The van der Waals surface area contributed by atoms with Crippen molar-refractivity contribution in [3.63, 3.8) is 0 Å². The van der Waals surface area contributed by atoms with Crippen molar-refractivity contribution < 1.29 is 13.2 Å². The summed E-state index contributed by atoms with van der Waals surface area (Å²) in [5.41, 5.74) is 2.20. The molecular formula is C17H25N3O3S. The van der Waals surface area contributed by atoms with Crippen LogP contribution in [-0.2, 0) is 15.0 Å². The zero-order valence-electron chi connectivity index (χ0n) is 14.2. The van der Waals surface area contributed by atoms with Gasteiger partial charge in [0.05, 0.1) is 0 Å². The second-order valence-corrected chi connectivity index (χ2v) is 7.86. The molecule has 1 aliphatic heterocycles. The SMILES string of the molecule is CC(=Cc1ccccc1)CN(C)C(=O)C1CCN(S(N)(=O)=O)CC1. The highest BCUT2D eigenvalue weighted by atomic mass is 32.2. The fourth-order valence-corrected chi connectivity index (χ4v) is 3.72. The Kier molecular flexibility index (Phi) is 6.15. The first-order chi connectivity index (χ1) is 11.3. The molecule has 2 rings (SSSR count). The fourth-order valence-electron chi connectivity index (χ4n) is 3.00. The van der Waals surface area contributed by atoms with Crippen LogP contribution in [0.3, 0.4) is 0 Å². The van der Waals surface area contributed by atoms with Crippen molar-refractivity contribution in [2.24, 2.45) is 11.1 Å². The lowest BCUT2D eigenvalue weighted by Gasteiger charge is -2.31. The van der Waals surface area contributed by atoms with Crippen LogP contribution >= 0.6 is 0 Å². The predicted molar refractivity (Wildman–Crippen MR) is 95.1 cm³/mol. The van der Waals surface area contributed by atoms with Crippen LogP contribution in [0.4, 0.5) is 0 Å². The Bertz CT molecular complexity index is 693. The van der Waals surface area contributed by atoms with Gasteiger partial charge in [-0.05, 0) is 25.3 Å². The number of carbonyl (C=O) groups is 1. The van der Waals surface area contributed by atoms with Crippen LogP contribution in [0.15, 0.2) is 35.9 Å². The summed E-state index contributed by atoms with van der Waals surface area (Å²) in [7, 11) is -1.86. The van der Waals surface area contributed by atoms with Gasteiger partial charge < -0.3 is 4.90 Å². The van der Waals surface area contributed by atoms with E-state index in [0.717, 1.165) is 11.1 Å². The maximum absolute atomic E-state index is 12.5. The smallest absolute Gasteiger partial charge is 0.276 e. The van der Waals surface area contributed by atoms with Crippen LogP contribution in [0, 0.1) is 5.92 Å². The average Bonchev–Trinajstić information content (AvgIpc) is 2.54. The number of nitrogens with zero attached hydrogens (tertiary/aromatic N) is 2. The minimum Gasteiger partial charge on any atom is -0.342 e. The Balaban J connectivity index is 1.90. The Labute approximate surface area is 144 Å². The maximum Gasteiger partial charge on any atom is 0.276 e. The van der Waals surface area contributed by atoms with Gasteiger partial charge in [-0.25, -0.2) is 5.14 Å². The Morgan fingerprint density at radius 2 is 1.88 bits per heavy atom. The van der Waals surface area contributed by atoms with Crippen LogP contribution < -0.4 is 5.14 Å². The molecule has 0 atom stereocenters. The van der Waals surface area contributed by atoms with Gasteiger partial charge in [-0.1, -0.05) is 42.0 Å². The molecule has 1 aromatic rings. The highest BCUT2D eigenvalue weighted by molar-refractivity contribution is 7.86. The van der Waals surface area contributed by atoms with E-state index in [0.29, 0.717) is 32.5 Å². The van der Waals surface area contributed by atoms with Crippen molar-refractivity contribution in [1.82, 2.24) is 9.21 Å². The summed E-state index contributed by atoms with van der Waals surface area (Å²) in [5.74, 6) is -0.0811. The number of nitrogens with two attached hydrogens (primary N) is 1. The average molecular weight is 351 g/mol. The third-order valence-electron chi connectivity index (χ3n) is 4.24. The summed E-state index contributed by atoms with van der Waals surface area (Å²) in [6.45, 7) is 3.17. The van der Waals surface area contributed by atoms with Crippen LogP contribution in [0.1, 0.15) is 25.3 Å². The second kappa shape index (κ2) is 7.92. The summed E-state index contributed by atoms with van der Waals surface area (Å²) in [4.78, 5) is 14.3. The van der Waals surface area contributed by atoms with E-state index >= 15 is 0 Å². The molecule has 1 fully saturated rings. The number of piperidine rings is 1. The molecule has 1 aliphatic rings. The van der Waals surface area contributed by atoms with E-state index in [-0.39, 0.29) is 11.8 Å². The summed E-state index contributed by atoms with van der Waals surface area (Å²) in [6, 6.07) is 9.97. The fraction of sp³-hybridized carbons (Fsp3) is 0.471. The van der Waals surface area contributed by atoms with Crippen molar-refractivity contribution in [2.45, 2.75) is 19.8 Å². The number of amides is 1. The number of rotatable bonds is 5. The Morgan fingerprint density at radius 3 is 2.42 bits per heavy atom. The van der Waals surface area contributed by atoms with E-state index in [9.17, 15) is 13.2 Å². The molecular weight excluding hydrogens is 326 g/mol.